The van der Waals surface area contributed by atoms with E-state index in [-0.39, 0.29) is 6.09 Å². The number of ether oxygens (including phenoxy) is 2. The molecule has 1 aliphatic heterocycles. The Kier molecular flexibility index (Phi) is 6.08. The molecule has 1 heterocycles. The summed E-state index contributed by atoms with van der Waals surface area (Å²) in [4.78, 5) is 20.3. The summed E-state index contributed by atoms with van der Waals surface area (Å²) in [5.41, 5.74) is 2.92. The second kappa shape index (κ2) is 8.06. The van der Waals surface area contributed by atoms with E-state index < -0.39 is 5.60 Å². The van der Waals surface area contributed by atoms with E-state index in [0.717, 1.165) is 11.4 Å². The molecule has 0 spiro atoms. The topological polar surface area (TPSA) is 92.4 Å². The number of hydrazine groups is 1. The molecule has 0 aliphatic carbocycles. The molecule has 25 heavy (non-hydrogen) atoms. The van der Waals surface area contributed by atoms with Crippen molar-refractivity contribution in [3.05, 3.63) is 24.3 Å². The lowest BCUT2D eigenvalue weighted by Crippen LogP contribution is -2.55. The molecular weight excluding hydrogens is 322 g/mol. The molecule has 8 nitrogen and oxygen atoms in total. The van der Waals surface area contributed by atoms with E-state index in [2.05, 4.69) is 10.4 Å². The number of hydrogen-bond acceptors (Lipinski definition) is 5. The first-order valence-electron chi connectivity index (χ1n) is 8.24. The average molecular weight is 349 g/mol. The third-order valence-corrected chi connectivity index (χ3v) is 3.67. The summed E-state index contributed by atoms with van der Waals surface area (Å²) in [6.45, 7) is 7.94. The number of methoxy groups -OCH3 is 1. The van der Waals surface area contributed by atoms with Crippen LogP contribution in [0.3, 0.4) is 0 Å². The predicted octanol–water partition coefficient (Wildman–Crippen LogP) is 1.70. The number of aliphatic imine (C=N–C) groups is 1. The van der Waals surface area contributed by atoms with Gasteiger partial charge in [0.05, 0.1) is 12.8 Å². The van der Waals surface area contributed by atoms with Gasteiger partial charge in [0, 0.05) is 26.2 Å². The SMILES string of the molecule is COc1ccc(N=C(NN)N2CCN(C(=O)OC(C)(C)C)CC2)cc1. The van der Waals surface area contributed by atoms with Gasteiger partial charge in [0.1, 0.15) is 11.4 Å². The highest BCUT2D eigenvalue weighted by Gasteiger charge is 2.26. The molecule has 0 bridgehead atoms. The van der Waals surface area contributed by atoms with E-state index in [4.69, 9.17) is 15.3 Å². The number of hydrogen-bond donors (Lipinski definition) is 2. The number of nitrogens with two attached hydrogens (primary N) is 1. The maximum Gasteiger partial charge on any atom is 0.410 e. The number of nitrogens with zero attached hydrogens (tertiary/aromatic N) is 3. The van der Waals surface area contributed by atoms with Gasteiger partial charge in [-0.3, -0.25) is 5.43 Å². The minimum Gasteiger partial charge on any atom is -0.497 e. The molecule has 8 heteroatoms. The first kappa shape index (κ1) is 18.9. The van der Waals surface area contributed by atoms with Gasteiger partial charge in [-0.2, -0.15) is 0 Å². The molecule has 2 rings (SSSR count). The zero-order chi connectivity index (χ0) is 18.4. The van der Waals surface area contributed by atoms with Crippen LogP contribution in [0.15, 0.2) is 29.3 Å². The minimum absolute atomic E-state index is 0.290. The summed E-state index contributed by atoms with van der Waals surface area (Å²) in [7, 11) is 1.62. The number of piperazine rings is 1. The third-order valence-electron chi connectivity index (χ3n) is 3.67. The fourth-order valence-corrected chi connectivity index (χ4v) is 2.40. The van der Waals surface area contributed by atoms with Crippen LogP contribution in [-0.2, 0) is 4.74 Å². The van der Waals surface area contributed by atoms with Crippen LogP contribution in [0.25, 0.3) is 0 Å². The molecule has 1 amide bonds. The molecule has 0 saturated carbocycles. The largest absolute Gasteiger partial charge is 0.497 e. The van der Waals surface area contributed by atoms with Crippen LogP contribution in [0.1, 0.15) is 20.8 Å². The number of rotatable bonds is 2. The normalized spacial score (nSPS) is 15.8. The maximum atomic E-state index is 12.1. The minimum atomic E-state index is -0.492. The number of guanidine groups is 1. The van der Waals surface area contributed by atoms with Crippen LogP contribution in [-0.4, -0.2) is 60.7 Å². The van der Waals surface area contributed by atoms with Crippen LogP contribution in [0.2, 0.25) is 0 Å². The number of carbonyl (C=O) groups is 1. The highest BCUT2D eigenvalue weighted by Crippen LogP contribution is 2.18. The Morgan fingerprint density at radius 3 is 2.16 bits per heavy atom. The van der Waals surface area contributed by atoms with Gasteiger partial charge in [-0.05, 0) is 45.0 Å². The molecule has 0 atom stereocenters. The van der Waals surface area contributed by atoms with Crippen molar-refractivity contribution < 1.29 is 14.3 Å². The average Bonchev–Trinajstić information content (AvgIpc) is 2.59. The second-order valence-corrected chi connectivity index (χ2v) is 6.73. The fourth-order valence-electron chi connectivity index (χ4n) is 2.40. The quantitative estimate of drug-likeness (QED) is 0.365. The molecule has 1 fully saturated rings. The molecule has 3 N–H and O–H groups in total. The molecule has 138 valence electrons. The summed E-state index contributed by atoms with van der Waals surface area (Å²) in [5.74, 6) is 6.97. The Balaban J connectivity index is 1.97. The van der Waals surface area contributed by atoms with Crippen molar-refractivity contribution in [1.29, 1.82) is 0 Å². The molecule has 1 aromatic carbocycles. The van der Waals surface area contributed by atoms with Crippen LogP contribution in [0.4, 0.5) is 10.5 Å². The second-order valence-electron chi connectivity index (χ2n) is 6.73. The van der Waals surface area contributed by atoms with Gasteiger partial charge in [-0.15, -0.1) is 0 Å². The van der Waals surface area contributed by atoms with Gasteiger partial charge in [-0.1, -0.05) is 0 Å². The van der Waals surface area contributed by atoms with Crippen molar-refractivity contribution in [3.63, 3.8) is 0 Å². The Hall–Kier alpha value is -2.48. The number of benzene rings is 1. The summed E-state index contributed by atoms with van der Waals surface area (Å²) < 4.78 is 10.5. The van der Waals surface area contributed by atoms with E-state index in [0.29, 0.717) is 32.1 Å². The van der Waals surface area contributed by atoms with Crippen LogP contribution < -0.4 is 16.0 Å². The van der Waals surface area contributed by atoms with Crippen LogP contribution in [0, 0.1) is 0 Å². The Morgan fingerprint density at radius 1 is 1.12 bits per heavy atom. The van der Waals surface area contributed by atoms with Crippen molar-refractivity contribution in [2.75, 3.05) is 33.3 Å². The van der Waals surface area contributed by atoms with E-state index >= 15 is 0 Å². The monoisotopic (exact) mass is 349 g/mol. The van der Waals surface area contributed by atoms with E-state index in [1.807, 2.05) is 49.9 Å². The van der Waals surface area contributed by atoms with Gasteiger partial charge in [0.15, 0.2) is 0 Å². The van der Waals surface area contributed by atoms with Gasteiger partial charge in [0.2, 0.25) is 5.96 Å². The number of carbonyl (C=O) groups excluding carboxylic acids is 1. The number of nitrogens with one attached hydrogen (secondary N) is 1. The fraction of sp³-hybridized carbons (Fsp3) is 0.529. The highest BCUT2D eigenvalue weighted by atomic mass is 16.6. The van der Waals surface area contributed by atoms with Crippen molar-refractivity contribution in [2.45, 2.75) is 26.4 Å². The van der Waals surface area contributed by atoms with Crippen molar-refractivity contribution in [2.24, 2.45) is 10.8 Å². The molecule has 1 aliphatic rings. The summed E-state index contributed by atoms with van der Waals surface area (Å²) in [6.07, 6.45) is -0.290. The highest BCUT2D eigenvalue weighted by molar-refractivity contribution is 5.82. The molecular formula is C17H27N5O3. The predicted molar refractivity (Wildman–Crippen MR) is 96.8 cm³/mol. The maximum absolute atomic E-state index is 12.1. The molecule has 1 saturated heterocycles. The lowest BCUT2D eigenvalue weighted by atomic mass is 10.2. The summed E-state index contributed by atoms with van der Waals surface area (Å²) in [5, 5.41) is 0. The molecule has 0 aromatic heterocycles. The van der Waals surface area contributed by atoms with Crippen LogP contribution in [0.5, 0.6) is 5.75 Å². The van der Waals surface area contributed by atoms with Crippen molar-refractivity contribution in [1.82, 2.24) is 15.2 Å². The first-order chi connectivity index (χ1) is 11.8. The van der Waals surface area contributed by atoms with Gasteiger partial charge in [-0.25, -0.2) is 15.6 Å². The molecule has 0 unspecified atom stereocenters. The zero-order valence-corrected chi connectivity index (χ0v) is 15.3. The smallest absolute Gasteiger partial charge is 0.410 e. The first-order valence-corrected chi connectivity index (χ1v) is 8.24. The van der Waals surface area contributed by atoms with Gasteiger partial charge < -0.3 is 19.3 Å². The molecule has 0 radical (unpaired) electrons. The molecule has 1 aromatic rings. The Labute approximate surface area is 148 Å². The van der Waals surface area contributed by atoms with Gasteiger partial charge in [0.25, 0.3) is 0 Å². The van der Waals surface area contributed by atoms with Crippen LogP contribution >= 0.6 is 0 Å². The van der Waals surface area contributed by atoms with E-state index in [9.17, 15) is 4.79 Å². The van der Waals surface area contributed by atoms with Crippen molar-refractivity contribution >= 4 is 17.7 Å². The standard InChI is InChI=1S/C17H27N5O3/c1-17(2,3)25-16(23)22-11-9-21(10-12-22)15(20-18)19-13-5-7-14(24-4)8-6-13/h5-8H,9-12,18H2,1-4H3,(H,19,20). The number of amides is 1. The Morgan fingerprint density at radius 2 is 1.68 bits per heavy atom. The van der Waals surface area contributed by atoms with Gasteiger partial charge >= 0.3 is 6.09 Å². The zero-order valence-electron chi connectivity index (χ0n) is 15.3. The lowest BCUT2D eigenvalue weighted by molar-refractivity contribution is 0.0185. The van der Waals surface area contributed by atoms with E-state index in [1.165, 1.54) is 0 Å². The third kappa shape index (κ3) is 5.53. The Bertz CT molecular complexity index is 602. The van der Waals surface area contributed by atoms with E-state index in [1.54, 1.807) is 12.0 Å². The summed E-state index contributed by atoms with van der Waals surface area (Å²) >= 11 is 0. The lowest BCUT2D eigenvalue weighted by Gasteiger charge is -2.36. The summed E-state index contributed by atoms with van der Waals surface area (Å²) in [6, 6.07) is 7.39. The van der Waals surface area contributed by atoms with Crippen molar-refractivity contribution in [3.8, 4) is 5.75 Å².